The van der Waals surface area contributed by atoms with Gasteiger partial charge in [0.1, 0.15) is 0 Å². The van der Waals surface area contributed by atoms with Gasteiger partial charge >= 0.3 is 0 Å². The van der Waals surface area contributed by atoms with Gasteiger partial charge in [-0.15, -0.1) is 0 Å². The molecule has 1 aromatic carbocycles. The van der Waals surface area contributed by atoms with Crippen LogP contribution < -0.4 is 0 Å². The Morgan fingerprint density at radius 1 is 1.25 bits per heavy atom. The Hall–Kier alpha value is -0.440. The fraction of sp³-hybridized carbons (Fsp3) is 0.250. The van der Waals surface area contributed by atoms with Gasteiger partial charge in [-0.25, -0.2) is 0 Å². The van der Waals surface area contributed by atoms with Crippen LogP contribution in [0.5, 0.6) is 5.75 Å². The molecule has 12 heavy (non-hydrogen) atoms. The summed E-state index contributed by atoms with van der Waals surface area (Å²) in [5.74, 6) is -0.150. The Morgan fingerprint density at radius 3 is 2.00 bits per heavy atom. The molecule has 1 rings (SSSR count). The summed E-state index contributed by atoms with van der Waals surface area (Å²) in [4.78, 5) is 0. The lowest BCUT2D eigenvalue weighted by Gasteiger charge is -2.07. The summed E-state index contributed by atoms with van der Waals surface area (Å²) >= 11 is 11.2. The molecule has 0 amide bonds. The lowest BCUT2D eigenvalue weighted by Crippen LogP contribution is -1.90. The van der Waals surface area contributed by atoms with Gasteiger partial charge in [0, 0.05) is 0 Å². The zero-order valence-corrected chi connectivity index (χ0v) is 7.89. The summed E-state index contributed by atoms with van der Waals surface area (Å²) in [5, 5.41) is 18.6. The van der Waals surface area contributed by atoms with Crippen LogP contribution >= 0.6 is 23.2 Å². The normalized spacial score (nSPS) is 13.0. The van der Waals surface area contributed by atoms with Crippen LogP contribution in [-0.4, -0.2) is 10.2 Å². The monoisotopic (exact) mass is 206 g/mol. The fourth-order valence-electron chi connectivity index (χ4n) is 0.826. The van der Waals surface area contributed by atoms with Crippen molar-refractivity contribution in [3.8, 4) is 5.75 Å². The molecule has 2 nitrogen and oxygen atoms in total. The van der Waals surface area contributed by atoms with Gasteiger partial charge in [-0.3, -0.25) is 0 Å². The Bertz CT molecular complexity index is 274. The average molecular weight is 207 g/mol. The molecule has 1 aromatic rings. The van der Waals surface area contributed by atoms with E-state index in [4.69, 9.17) is 33.4 Å². The van der Waals surface area contributed by atoms with Crippen molar-refractivity contribution < 1.29 is 10.2 Å². The maximum absolute atomic E-state index is 9.17. The van der Waals surface area contributed by atoms with Gasteiger partial charge < -0.3 is 10.2 Å². The molecule has 0 saturated carbocycles. The maximum atomic E-state index is 9.17. The minimum Gasteiger partial charge on any atom is -0.505 e. The number of rotatable bonds is 1. The third-order valence-corrected chi connectivity index (χ3v) is 2.10. The number of aliphatic hydroxyl groups excluding tert-OH is 1. The standard InChI is InChI=1S/C8H8Cl2O2/c1-4(11)5-2-6(9)8(12)7(10)3-5/h2-4,11-12H,1H3. The molecule has 0 saturated heterocycles. The summed E-state index contributed by atoms with van der Waals surface area (Å²) in [6, 6.07) is 2.96. The molecular weight excluding hydrogens is 199 g/mol. The highest BCUT2D eigenvalue weighted by molar-refractivity contribution is 6.37. The topological polar surface area (TPSA) is 40.5 Å². The molecule has 1 unspecified atom stereocenters. The number of phenolic OH excluding ortho intramolecular Hbond substituents is 1. The van der Waals surface area contributed by atoms with E-state index in [0.717, 1.165) is 0 Å². The zero-order chi connectivity index (χ0) is 9.30. The van der Waals surface area contributed by atoms with E-state index in [-0.39, 0.29) is 15.8 Å². The first-order chi connectivity index (χ1) is 5.52. The highest BCUT2D eigenvalue weighted by Gasteiger charge is 2.09. The van der Waals surface area contributed by atoms with Gasteiger partial charge in [-0.05, 0) is 24.6 Å². The van der Waals surface area contributed by atoms with E-state index in [1.54, 1.807) is 6.92 Å². The second kappa shape index (κ2) is 3.52. The van der Waals surface area contributed by atoms with Crippen LogP contribution in [0.15, 0.2) is 12.1 Å². The van der Waals surface area contributed by atoms with Gasteiger partial charge in [0.25, 0.3) is 0 Å². The zero-order valence-electron chi connectivity index (χ0n) is 6.38. The molecule has 0 spiro atoms. The van der Waals surface area contributed by atoms with Crippen LogP contribution in [0.3, 0.4) is 0 Å². The Morgan fingerprint density at radius 2 is 1.67 bits per heavy atom. The molecule has 0 radical (unpaired) electrons. The number of hydrogen-bond donors (Lipinski definition) is 2. The highest BCUT2D eigenvalue weighted by Crippen LogP contribution is 2.34. The SMILES string of the molecule is CC(O)c1cc(Cl)c(O)c(Cl)c1. The first-order valence-electron chi connectivity index (χ1n) is 3.38. The van der Waals surface area contributed by atoms with Crippen molar-refractivity contribution in [2.75, 3.05) is 0 Å². The van der Waals surface area contributed by atoms with Crippen LogP contribution in [0.1, 0.15) is 18.6 Å². The maximum Gasteiger partial charge on any atom is 0.152 e. The molecule has 0 aliphatic carbocycles. The van der Waals surface area contributed by atoms with Crippen molar-refractivity contribution in [1.82, 2.24) is 0 Å². The molecule has 2 N–H and O–H groups in total. The molecule has 1 atom stereocenters. The van der Waals surface area contributed by atoms with E-state index < -0.39 is 6.10 Å². The molecule has 0 bridgehead atoms. The van der Waals surface area contributed by atoms with Crippen molar-refractivity contribution in [2.24, 2.45) is 0 Å². The Balaban J connectivity index is 3.21. The van der Waals surface area contributed by atoms with Crippen molar-refractivity contribution in [1.29, 1.82) is 0 Å². The molecule has 0 heterocycles. The summed E-state index contributed by atoms with van der Waals surface area (Å²) in [5.41, 5.74) is 0.586. The highest BCUT2D eigenvalue weighted by atomic mass is 35.5. The van der Waals surface area contributed by atoms with Gasteiger partial charge in [-0.1, -0.05) is 23.2 Å². The van der Waals surface area contributed by atoms with E-state index in [9.17, 15) is 0 Å². The smallest absolute Gasteiger partial charge is 0.152 e. The third kappa shape index (κ3) is 1.83. The van der Waals surface area contributed by atoms with Crippen LogP contribution in [0.25, 0.3) is 0 Å². The van der Waals surface area contributed by atoms with E-state index in [1.807, 2.05) is 0 Å². The minimum absolute atomic E-state index is 0.150. The lowest BCUT2D eigenvalue weighted by molar-refractivity contribution is 0.199. The van der Waals surface area contributed by atoms with Crippen LogP contribution in [0.4, 0.5) is 0 Å². The van der Waals surface area contributed by atoms with E-state index >= 15 is 0 Å². The van der Waals surface area contributed by atoms with Gasteiger partial charge in [0.15, 0.2) is 5.75 Å². The first-order valence-corrected chi connectivity index (χ1v) is 4.14. The predicted octanol–water partition coefficient (Wildman–Crippen LogP) is 2.75. The number of hydrogen-bond acceptors (Lipinski definition) is 2. The molecule has 0 fully saturated rings. The van der Waals surface area contributed by atoms with Crippen LogP contribution in [0.2, 0.25) is 10.0 Å². The number of aliphatic hydroxyl groups is 1. The lowest BCUT2D eigenvalue weighted by atomic mass is 10.1. The van der Waals surface area contributed by atoms with Crippen molar-refractivity contribution in [3.05, 3.63) is 27.7 Å². The quantitative estimate of drug-likeness (QED) is 0.743. The fourth-order valence-corrected chi connectivity index (χ4v) is 1.33. The second-order valence-corrected chi connectivity index (χ2v) is 3.32. The number of halogens is 2. The molecular formula is C8H8Cl2O2. The third-order valence-electron chi connectivity index (χ3n) is 1.52. The minimum atomic E-state index is -0.638. The van der Waals surface area contributed by atoms with Crippen molar-refractivity contribution >= 4 is 23.2 Å². The van der Waals surface area contributed by atoms with Crippen LogP contribution in [0, 0.1) is 0 Å². The summed E-state index contributed by atoms with van der Waals surface area (Å²) in [6.45, 7) is 1.60. The molecule has 0 aliphatic heterocycles. The number of benzene rings is 1. The van der Waals surface area contributed by atoms with E-state index in [2.05, 4.69) is 0 Å². The molecule has 66 valence electrons. The predicted molar refractivity (Wildman–Crippen MR) is 48.8 cm³/mol. The summed E-state index contributed by atoms with van der Waals surface area (Å²) in [6.07, 6.45) is -0.638. The number of phenols is 1. The van der Waals surface area contributed by atoms with Gasteiger partial charge in [-0.2, -0.15) is 0 Å². The van der Waals surface area contributed by atoms with E-state index in [1.165, 1.54) is 12.1 Å². The van der Waals surface area contributed by atoms with Gasteiger partial charge in [0.2, 0.25) is 0 Å². The second-order valence-electron chi connectivity index (χ2n) is 2.51. The summed E-state index contributed by atoms with van der Waals surface area (Å²) < 4.78 is 0. The van der Waals surface area contributed by atoms with Crippen LogP contribution in [-0.2, 0) is 0 Å². The largest absolute Gasteiger partial charge is 0.505 e. The Kier molecular flexibility index (Phi) is 2.83. The first kappa shape index (κ1) is 9.65. The molecule has 0 aromatic heterocycles. The average Bonchev–Trinajstić information content (AvgIpc) is 1.99. The van der Waals surface area contributed by atoms with Crippen molar-refractivity contribution in [2.45, 2.75) is 13.0 Å². The van der Waals surface area contributed by atoms with E-state index in [0.29, 0.717) is 5.56 Å². The van der Waals surface area contributed by atoms with Crippen molar-refractivity contribution in [3.63, 3.8) is 0 Å². The van der Waals surface area contributed by atoms with Gasteiger partial charge in [0.05, 0.1) is 16.1 Å². The molecule has 4 heteroatoms. The Labute approximate surface area is 80.4 Å². The number of aromatic hydroxyl groups is 1. The molecule has 0 aliphatic rings. The summed E-state index contributed by atoms with van der Waals surface area (Å²) in [7, 11) is 0.